The molecule has 1 aliphatic heterocycles. The molecule has 0 atom stereocenters. The molecule has 3 rings (SSSR count). The average molecular weight is 368 g/mol. The van der Waals surface area contributed by atoms with Gasteiger partial charge < -0.3 is 14.7 Å². The third-order valence-corrected chi connectivity index (χ3v) is 4.71. The van der Waals surface area contributed by atoms with Crippen molar-refractivity contribution in [2.75, 3.05) is 50.1 Å². The van der Waals surface area contributed by atoms with E-state index in [9.17, 15) is 4.79 Å². The van der Waals surface area contributed by atoms with Crippen LogP contribution in [0.1, 0.15) is 41.6 Å². The second kappa shape index (κ2) is 7.90. The van der Waals surface area contributed by atoms with E-state index in [2.05, 4.69) is 28.7 Å². The first kappa shape index (κ1) is 19.1. The molecule has 144 valence electrons. The van der Waals surface area contributed by atoms with Crippen LogP contribution in [-0.4, -0.2) is 66.0 Å². The number of aryl methyl sites for hydroxylation is 1. The lowest BCUT2D eigenvalue weighted by molar-refractivity contribution is 0.0747. The molecular weight excluding hydrogens is 340 g/mol. The summed E-state index contributed by atoms with van der Waals surface area (Å²) in [5, 5.41) is 0. The average Bonchev–Trinajstić information content (AvgIpc) is 2.67. The summed E-state index contributed by atoms with van der Waals surface area (Å²) >= 11 is 0. The zero-order valence-electron chi connectivity index (χ0n) is 16.8. The number of aromatic nitrogens is 3. The van der Waals surface area contributed by atoms with E-state index in [1.165, 1.54) is 0 Å². The van der Waals surface area contributed by atoms with Crippen LogP contribution in [0.5, 0.6) is 0 Å². The maximum absolute atomic E-state index is 13.0. The lowest BCUT2D eigenvalue weighted by atomic mass is 10.2. The highest BCUT2D eigenvalue weighted by atomic mass is 16.2. The van der Waals surface area contributed by atoms with Crippen molar-refractivity contribution in [1.82, 2.24) is 19.9 Å². The number of rotatable bonds is 4. The van der Waals surface area contributed by atoms with Crippen molar-refractivity contribution in [3.8, 4) is 0 Å². The molecule has 0 unspecified atom stereocenters. The first-order valence-corrected chi connectivity index (χ1v) is 9.39. The standard InChI is InChI=1S/C20H28N6O/c1-14(2)18-22-15(3)13-17(23-18)25-9-11-26(12-10-25)20(27)16-7-6-8-21-19(16)24(4)5/h6-8,13-14H,9-12H2,1-5H3. The van der Waals surface area contributed by atoms with Crippen LogP contribution in [0, 0.1) is 6.92 Å². The molecule has 1 amide bonds. The third kappa shape index (κ3) is 4.18. The van der Waals surface area contributed by atoms with Gasteiger partial charge in [-0.2, -0.15) is 0 Å². The van der Waals surface area contributed by atoms with Crippen molar-refractivity contribution in [1.29, 1.82) is 0 Å². The molecule has 0 N–H and O–H groups in total. The molecule has 27 heavy (non-hydrogen) atoms. The number of amides is 1. The summed E-state index contributed by atoms with van der Waals surface area (Å²) < 4.78 is 0. The number of hydrogen-bond acceptors (Lipinski definition) is 6. The van der Waals surface area contributed by atoms with Crippen molar-refractivity contribution >= 4 is 17.5 Å². The highest BCUT2D eigenvalue weighted by molar-refractivity contribution is 5.99. The Morgan fingerprint density at radius 1 is 1.15 bits per heavy atom. The Morgan fingerprint density at radius 2 is 1.85 bits per heavy atom. The topological polar surface area (TPSA) is 65.5 Å². The van der Waals surface area contributed by atoms with Crippen LogP contribution in [0.4, 0.5) is 11.6 Å². The molecule has 0 aromatic carbocycles. The van der Waals surface area contributed by atoms with Crippen molar-refractivity contribution in [3.05, 3.63) is 41.5 Å². The van der Waals surface area contributed by atoms with Crippen molar-refractivity contribution < 1.29 is 4.79 Å². The van der Waals surface area contributed by atoms with Crippen molar-refractivity contribution in [3.63, 3.8) is 0 Å². The number of nitrogens with zero attached hydrogens (tertiary/aromatic N) is 6. The molecule has 1 aliphatic rings. The van der Waals surface area contributed by atoms with E-state index >= 15 is 0 Å². The smallest absolute Gasteiger partial charge is 0.257 e. The second-order valence-corrected chi connectivity index (χ2v) is 7.43. The summed E-state index contributed by atoms with van der Waals surface area (Å²) in [6.45, 7) is 9.06. The molecule has 0 bridgehead atoms. The van der Waals surface area contributed by atoms with Crippen molar-refractivity contribution in [2.45, 2.75) is 26.7 Å². The Balaban J connectivity index is 1.72. The zero-order chi connectivity index (χ0) is 19.6. The molecule has 0 radical (unpaired) electrons. The van der Waals surface area contributed by atoms with Gasteiger partial charge in [-0.15, -0.1) is 0 Å². The van der Waals surface area contributed by atoms with Crippen LogP contribution in [0.2, 0.25) is 0 Å². The normalized spacial score (nSPS) is 14.6. The number of anilines is 2. The minimum Gasteiger partial charge on any atom is -0.362 e. The highest BCUT2D eigenvalue weighted by Gasteiger charge is 2.25. The predicted molar refractivity (Wildman–Crippen MR) is 108 cm³/mol. The van der Waals surface area contributed by atoms with E-state index in [1.54, 1.807) is 6.20 Å². The largest absolute Gasteiger partial charge is 0.362 e. The first-order valence-electron chi connectivity index (χ1n) is 9.39. The third-order valence-electron chi connectivity index (χ3n) is 4.71. The van der Waals surface area contributed by atoms with Crippen LogP contribution < -0.4 is 9.80 Å². The van der Waals surface area contributed by atoms with Crippen LogP contribution >= 0.6 is 0 Å². The molecule has 7 heteroatoms. The maximum atomic E-state index is 13.0. The van der Waals surface area contributed by atoms with Crippen LogP contribution in [0.3, 0.4) is 0 Å². The molecule has 0 saturated carbocycles. The molecule has 7 nitrogen and oxygen atoms in total. The van der Waals surface area contributed by atoms with Crippen LogP contribution in [0.25, 0.3) is 0 Å². The van der Waals surface area contributed by atoms with Gasteiger partial charge in [0, 0.05) is 64.1 Å². The summed E-state index contributed by atoms with van der Waals surface area (Å²) in [7, 11) is 3.81. The first-order chi connectivity index (χ1) is 12.9. The summed E-state index contributed by atoms with van der Waals surface area (Å²) in [6, 6.07) is 5.68. The fraction of sp³-hybridized carbons (Fsp3) is 0.500. The van der Waals surface area contributed by atoms with E-state index in [-0.39, 0.29) is 5.91 Å². The number of piperazine rings is 1. The van der Waals surface area contributed by atoms with E-state index in [0.29, 0.717) is 30.4 Å². The quantitative estimate of drug-likeness (QED) is 0.825. The van der Waals surface area contributed by atoms with E-state index in [1.807, 2.05) is 49.0 Å². The zero-order valence-corrected chi connectivity index (χ0v) is 16.8. The minimum atomic E-state index is 0.0354. The molecule has 2 aromatic heterocycles. The van der Waals surface area contributed by atoms with Gasteiger partial charge in [0.1, 0.15) is 17.5 Å². The van der Waals surface area contributed by atoms with Crippen LogP contribution in [-0.2, 0) is 0 Å². The number of carbonyl (C=O) groups is 1. The van der Waals surface area contributed by atoms with Gasteiger partial charge in [0.25, 0.3) is 5.91 Å². The summed E-state index contributed by atoms with van der Waals surface area (Å²) in [6.07, 6.45) is 1.72. The van der Waals surface area contributed by atoms with Gasteiger partial charge in [0.05, 0.1) is 5.56 Å². The lowest BCUT2D eigenvalue weighted by Crippen LogP contribution is -2.49. The van der Waals surface area contributed by atoms with Gasteiger partial charge in [0.2, 0.25) is 0 Å². The lowest BCUT2D eigenvalue weighted by Gasteiger charge is -2.36. The summed E-state index contributed by atoms with van der Waals surface area (Å²) in [4.78, 5) is 32.6. The van der Waals surface area contributed by atoms with Gasteiger partial charge >= 0.3 is 0 Å². The highest BCUT2D eigenvalue weighted by Crippen LogP contribution is 2.21. The van der Waals surface area contributed by atoms with Gasteiger partial charge in [-0.3, -0.25) is 4.79 Å². The van der Waals surface area contributed by atoms with Gasteiger partial charge in [0.15, 0.2) is 0 Å². The van der Waals surface area contributed by atoms with Crippen LogP contribution in [0.15, 0.2) is 24.4 Å². The molecular formula is C20H28N6O. The second-order valence-electron chi connectivity index (χ2n) is 7.43. The van der Waals surface area contributed by atoms with Gasteiger partial charge in [-0.1, -0.05) is 13.8 Å². The number of hydrogen-bond donors (Lipinski definition) is 0. The monoisotopic (exact) mass is 368 g/mol. The summed E-state index contributed by atoms with van der Waals surface area (Å²) in [5.74, 6) is 2.86. The number of carbonyl (C=O) groups excluding carboxylic acids is 1. The minimum absolute atomic E-state index is 0.0354. The molecule has 0 aliphatic carbocycles. The molecule has 0 spiro atoms. The summed E-state index contributed by atoms with van der Waals surface area (Å²) in [5.41, 5.74) is 1.63. The Kier molecular flexibility index (Phi) is 5.58. The Morgan fingerprint density at radius 3 is 2.48 bits per heavy atom. The van der Waals surface area contributed by atoms with Gasteiger partial charge in [-0.05, 0) is 19.1 Å². The number of pyridine rings is 1. The molecule has 3 heterocycles. The Labute approximate surface area is 161 Å². The van der Waals surface area contributed by atoms with Crippen molar-refractivity contribution in [2.24, 2.45) is 0 Å². The molecule has 1 fully saturated rings. The fourth-order valence-electron chi connectivity index (χ4n) is 3.22. The SMILES string of the molecule is Cc1cc(N2CCN(C(=O)c3cccnc3N(C)C)CC2)nc(C(C)C)n1. The van der Waals surface area contributed by atoms with E-state index in [0.717, 1.165) is 30.4 Å². The fourth-order valence-corrected chi connectivity index (χ4v) is 3.22. The molecule has 1 saturated heterocycles. The van der Waals surface area contributed by atoms with E-state index < -0.39 is 0 Å². The maximum Gasteiger partial charge on any atom is 0.257 e. The van der Waals surface area contributed by atoms with E-state index in [4.69, 9.17) is 4.98 Å². The Hall–Kier alpha value is -2.70. The Bertz CT molecular complexity index is 812. The molecule has 2 aromatic rings. The van der Waals surface area contributed by atoms with Gasteiger partial charge in [-0.25, -0.2) is 15.0 Å². The predicted octanol–water partition coefficient (Wildman–Crippen LogP) is 2.33.